The summed E-state index contributed by atoms with van der Waals surface area (Å²) in [6.07, 6.45) is 4.43. The Morgan fingerprint density at radius 1 is 1.07 bits per heavy atom. The van der Waals surface area contributed by atoms with Gasteiger partial charge in [0.1, 0.15) is 17.4 Å². The Morgan fingerprint density at radius 2 is 1.93 bits per heavy atom. The third-order valence-electron chi connectivity index (χ3n) is 3.69. The highest BCUT2D eigenvalue weighted by molar-refractivity contribution is 5.95. The van der Waals surface area contributed by atoms with E-state index >= 15 is 0 Å². The van der Waals surface area contributed by atoms with E-state index in [-0.39, 0.29) is 24.4 Å². The van der Waals surface area contributed by atoms with E-state index < -0.39 is 17.5 Å². The van der Waals surface area contributed by atoms with Crippen LogP contribution in [-0.2, 0) is 4.79 Å². The second-order valence-corrected chi connectivity index (χ2v) is 5.85. The first-order valence-electron chi connectivity index (χ1n) is 8.58. The third-order valence-corrected chi connectivity index (χ3v) is 3.69. The van der Waals surface area contributed by atoms with E-state index in [1.807, 2.05) is 0 Å². The Kier molecular flexibility index (Phi) is 6.41. The predicted octanol–water partition coefficient (Wildman–Crippen LogP) is 3.31. The number of ether oxygens (including phenoxy) is 1. The lowest BCUT2D eigenvalue weighted by Gasteiger charge is -2.09. The molecule has 1 heterocycles. The highest BCUT2D eigenvalue weighted by Gasteiger charge is 2.12. The molecular formula is C20H16F2N4O3. The van der Waals surface area contributed by atoms with E-state index in [2.05, 4.69) is 20.6 Å². The van der Waals surface area contributed by atoms with Crippen LogP contribution in [0.3, 0.4) is 0 Å². The number of halogens is 2. The fourth-order valence-corrected chi connectivity index (χ4v) is 2.38. The number of hydrogen-bond donors (Lipinski definition) is 2. The average molecular weight is 398 g/mol. The molecule has 0 bridgehead atoms. The fraction of sp³-hybridized carbons (Fsp3) is 0.100. The van der Waals surface area contributed by atoms with Crippen molar-refractivity contribution in [2.24, 2.45) is 0 Å². The van der Waals surface area contributed by atoms with E-state index in [0.29, 0.717) is 23.4 Å². The summed E-state index contributed by atoms with van der Waals surface area (Å²) in [5.41, 5.74) is 0.202. The van der Waals surface area contributed by atoms with Gasteiger partial charge in [0.15, 0.2) is 0 Å². The van der Waals surface area contributed by atoms with Crippen LogP contribution in [0.1, 0.15) is 16.8 Å². The van der Waals surface area contributed by atoms with Crippen LogP contribution in [0.2, 0.25) is 0 Å². The highest BCUT2D eigenvalue weighted by atomic mass is 19.1. The first kappa shape index (κ1) is 19.9. The van der Waals surface area contributed by atoms with Crippen molar-refractivity contribution < 1.29 is 23.1 Å². The molecule has 0 aliphatic heterocycles. The van der Waals surface area contributed by atoms with Crippen LogP contribution in [0.25, 0.3) is 0 Å². The first-order chi connectivity index (χ1) is 14.0. The zero-order chi connectivity index (χ0) is 20.6. The standard InChI is InChI=1S/C20H16F2N4O3/c21-13-4-5-16(17(22)10-13)20(28)25-7-6-18(27)26-14-2-1-3-15(11-14)29-19-12-23-8-9-24-19/h1-5,8-12H,6-7H2,(H,25,28)(H,26,27). The third kappa shape index (κ3) is 5.80. The number of nitrogens with one attached hydrogen (secondary N) is 2. The van der Waals surface area contributed by atoms with Crippen molar-refractivity contribution in [3.05, 3.63) is 78.3 Å². The van der Waals surface area contributed by atoms with Gasteiger partial charge >= 0.3 is 0 Å². The molecule has 7 nitrogen and oxygen atoms in total. The van der Waals surface area contributed by atoms with Gasteiger partial charge < -0.3 is 15.4 Å². The summed E-state index contributed by atoms with van der Waals surface area (Å²) in [6.45, 7) is -0.0166. The van der Waals surface area contributed by atoms with Gasteiger partial charge in [0, 0.05) is 43.2 Å². The second kappa shape index (κ2) is 9.36. The zero-order valence-corrected chi connectivity index (χ0v) is 15.1. The lowest BCUT2D eigenvalue weighted by Crippen LogP contribution is -2.28. The first-order valence-corrected chi connectivity index (χ1v) is 8.58. The maximum absolute atomic E-state index is 13.6. The molecule has 0 aliphatic carbocycles. The van der Waals surface area contributed by atoms with Crippen molar-refractivity contribution in [1.29, 1.82) is 0 Å². The molecule has 2 amide bonds. The van der Waals surface area contributed by atoms with Crippen LogP contribution >= 0.6 is 0 Å². The van der Waals surface area contributed by atoms with Crippen molar-refractivity contribution in [2.45, 2.75) is 6.42 Å². The molecule has 0 atom stereocenters. The minimum Gasteiger partial charge on any atom is -0.437 e. The lowest BCUT2D eigenvalue weighted by molar-refractivity contribution is -0.116. The molecule has 0 spiro atoms. The van der Waals surface area contributed by atoms with Gasteiger partial charge in [0.05, 0.1) is 11.8 Å². The molecule has 2 N–H and O–H groups in total. The number of amides is 2. The Labute approximate surface area is 164 Å². The number of nitrogens with zero attached hydrogens (tertiary/aromatic N) is 2. The molecule has 3 rings (SSSR count). The summed E-state index contributed by atoms with van der Waals surface area (Å²) in [5.74, 6) is -2.05. The van der Waals surface area contributed by atoms with Gasteiger partial charge in [0.2, 0.25) is 11.8 Å². The minimum absolute atomic E-state index is 0.0166. The fourth-order valence-electron chi connectivity index (χ4n) is 2.38. The number of aromatic nitrogens is 2. The van der Waals surface area contributed by atoms with Gasteiger partial charge in [-0.2, -0.15) is 0 Å². The summed E-state index contributed by atoms with van der Waals surface area (Å²) >= 11 is 0. The van der Waals surface area contributed by atoms with Gasteiger partial charge in [-0.25, -0.2) is 13.8 Å². The molecule has 0 fully saturated rings. The van der Waals surface area contributed by atoms with Crippen LogP contribution in [0.4, 0.5) is 14.5 Å². The quantitative estimate of drug-likeness (QED) is 0.637. The maximum atomic E-state index is 13.6. The number of benzene rings is 2. The van der Waals surface area contributed by atoms with Gasteiger partial charge in [-0.05, 0) is 24.3 Å². The van der Waals surface area contributed by atoms with Gasteiger partial charge in [0.25, 0.3) is 5.91 Å². The smallest absolute Gasteiger partial charge is 0.254 e. The molecule has 0 saturated carbocycles. The molecular weight excluding hydrogens is 382 g/mol. The van der Waals surface area contributed by atoms with Gasteiger partial charge in [-0.1, -0.05) is 6.07 Å². The van der Waals surface area contributed by atoms with Crippen LogP contribution < -0.4 is 15.4 Å². The monoisotopic (exact) mass is 398 g/mol. The van der Waals surface area contributed by atoms with Crippen LogP contribution in [0.15, 0.2) is 61.1 Å². The van der Waals surface area contributed by atoms with Crippen molar-refractivity contribution >= 4 is 17.5 Å². The number of hydrogen-bond acceptors (Lipinski definition) is 5. The minimum atomic E-state index is -0.966. The maximum Gasteiger partial charge on any atom is 0.254 e. The Bertz CT molecular complexity index is 1020. The Morgan fingerprint density at radius 3 is 2.69 bits per heavy atom. The normalized spacial score (nSPS) is 10.3. The summed E-state index contributed by atoms with van der Waals surface area (Å²) in [4.78, 5) is 31.9. The van der Waals surface area contributed by atoms with Crippen molar-refractivity contribution in [3.8, 4) is 11.6 Å². The van der Waals surface area contributed by atoms with E-state index in [4.69, 9.17) is 4.74 Å². The number of carbonyl (C=O) groups excluding carboxylic acids is 2. The SMILES string of the molecule is O=C(CCNC(=O)c1ccc(F)cc1F)Nc1cccc(Oc2cnccn2)c1. The van der Waals surface area contributed by atoms with Gasteiger partial charge in [-0.3, -0.25) is 14.6 Å². The van der Waals surface area contributed by atoms with Crippen molar-refractivity contribution in [2.75, 3.05) is 11.9 Å². The Hall–Kier alpha value is -3.88. The predicted molar refractivity (Wildman–Crippen MR) is 100 cm³/mol. The number of rotatable bonds is 7. The van der Waals surface area contributed by atoms with Gasteiger partial charge in [-0.15, -0.1) is 0 Å². The molecule has 29 heavy (non-hydrogen) atoms. The molecule has 0 saturated heterocycles. The largest absolute Gasteiger partial charge is 0.437 e. The summed E-state index contributed by atoms with van der Waals surface area (Å²) in [6, 6.07) is 9.33. The summed E-state index contributed by atoms with van der Waals surface area (Å²) in [5, 5.41) is 5.09. The van der Waals surface area contributed by atoms with Crippen molar-refractivity contribution in [3.63, 3.8) is 0 Å². The van der Waals surface area contributed by atoms with E-state index in [9.17, 15) is 18.4 Å². The van der Waals surface area contributed by atoms with E-state index in [1.54, 1.807) is 24.3 Å². The molecule has 0 aliphatic rings. The molecule has 2 aromatic carbocycles. The van der Waals surface area contributed by atoms with Crippen LogP contribution in [0.5, 0.6) is 11.6 Å². The topological polar surface area (TPSA) is 93.2 Å². The van der Waals surface area contributed by atoms with Crippen LogP contribution in [-0.4, -0.2) is 28.3 Å². The van der Waals surface area contributed by atoms with E-state index in [0.717, 1.165) is 12.1 Å². The van der Waals surface area contributed by atoms with Crippen molar-refractivity contribution in [1.82, 2.24) is 15.3 Å². The van der Waals surface area contributed by atoms with Crippen LogP contribution in [0, 0.1) is 11.6 Å². The Balaban J connectivity index is 1.49. The molecule has 1 aromatic heterocycles. The van der Waals surface area contributed by atoms with E-state index in [1.165, 1.54) is 18.6 Å². The molecule has 0 unspecified atom stereocenters. The second-order valence-electron chi connectivity index (χ2n) is 5.85. The molecule has 9 heteroatoms. The summed E-state index contributed by atoms with van der Waals surface area (Å²) < 4.78 is 32.0. The molecule has 0 radical (unpaired) electrons. The average Bonchev–Trinajstić information content (AvgIpc) is 2.69. The molecule has 148 valence electrons. The number of carbonyl (C=O) groups is 2. The molecule has 3 aromatic rings. The summed E-state index contributed by atoms with van der Waals surface area (Å²) in [7, 11) is 0. The highest BCUT2D eigenvalue weighted by Crippen LogP contribution is 2.22. The number of anilines is 1. The lowest BCUT2D eigenvalue weighted by atomic mass is 10.2. The zero-order valence-electron chi connectivity index (χ0n) is 15.1.